The van der Waals surface area contributed by atoms with Gasteiger partial charge in [0.1, 0.15) is 0 Å². The molecule has 0 unspecified atom stereocenters. The third-order valence-electron chi connectivity index (χ3n) is 3.49. The molecule has 3 aromatic rings. The summed E-state index contributed by atoms with van der Waals surface area (Å²) >= 11 is 0. The Morgan fingerprint density at radius 3 is 2.39 bits per heavy atom. The predicted octanol–water partition coefficient (Wildman–Crippen LogP) is 3.86. The van der Waals surface area contributed by atoms with Gasteiger partial charge in [-0.05, 0) is 31.2 Å². The van der Waals surface area contributed by atoms with Crippen LogP contribution in [0, 0.1) is 6.92 Å². The van der Waals surface area contributed by atoms with Crippen LogP contribution in [0.1, 0.15) is 28.7 Å². The van der Waals surface area contributed by atoms with Crippen LogP contribution in [0.25, 0.3) is 11.4 Å². The fraction of sp³-hybridized carbons (Fsp3) is 0.167. The van der Waals surface area contributed by atoms with Gasteiger partial charge in [-0.25, -0.2) is 0 Å². The Hall–Kier alpha value is -2.95. The summed E-state index contributed by atoms with van der Waals surface area (Å²) in [6.45, 7) is 3.96. The van der Waals surface area contributed by atoms with E-state index in [1.54, 1.807) is 12.1 Å². The molecule has 0 spiro atoms. The van der Waals surface area contributed by atoms with Gasteiger partial charge in [-0.3, -0.25) is 4.79 Å². The van der Waals surface area contributed by atoms with Crippen LogP contribution in [0.15, 0.2) is 53.1 Å². The van der Waals surface area contributed by atoms with E-state index in [2.05, 4.69) is 15.5 Å². The second-order valence-electron chi connectivity index (χ2n) is 5.26. The van der Waals surface area contributed by atoms with Gasteiger partial charge in [-0.2, -0.15) is 4.98 Å². The van der Waals surface area contributed by atoms with Crippen molar-refractivity contribution < 1.29 is 9.32 Å². The molecular formula is C18H17N3O2. The van der Waals surface area contributed by atoms with Gasteiger partial charge in [0, 0.05) is 23.2 Å². The van der Waals surface area contributed by atoms with Crippen LogP contribution in [-0.2, 0) is 6.42 Å². The van der Waals surface area contributed by atoms with E-state index in [4.69, 9.17) is 4.52 Å². The number of rotatable bonds is 4. The van der Waals surface area contributed by atoms with E-state index in [0.29, 0.717) is 23.7 Å². The van der Waals surface area contributed by atoms with Crippen molar-refractivity contribution in [1.29, 1.82) is 0 Å². The fourth-order valence-electron chi connectivity index (χ4n) is 2.13. The predicted molar refractivity (Wildman–Crippen MR) is 88.2 cm³/mol. The number of aromatic nitrogens is 2. The number of aryl methyl sites for hydroxylation is 2. The zero-order valence-electron chi connectivity index (χ0n) is 13.0. The quantitative estimate of drug-likeness (QED) is 0.794. The maximum absolute atomic E-state index is 12.2. The zero-order chi connectivity index (χ0) is 16.2. The molecule has 1 heterocycles. The van der Waals surface area contributed by atoms with Crippen LogP contribution < -0.4 is 5.32 Å². The van der Waals surface area contributed by atoms with Crippen LogP contribution >= 0.6 is 0 Å². The van der Waals surface area contributed by atoms with Gasteiger partial charge in [0.2, 0.25) is 11.7 Å². The summed E-state index contributed by atoms with van der Waals surface area (Å²) in [7, 11) is 0. The van der Waals surface area contributed by atoms with Crippen LogP contribution in [0.5, 0.6) is 0 Å². The van der Waals surface area contributed by atoms with Crippen molar-refractivity contribution in [2.24, 2.45) is 0 Å². The number of hydrogen-bond donors (Lipinski definition) is 1. The Morgan fingerprint density at radius 1 is 1.09 bits per heavy atom. The molecule has 0 saturated carbocycles. The van der Waals surface area contributed by atoms with Gasteiger partial charge in [-0.1, -0.05) is 41.9 Å². The summed E-state index contributed by atoms with van der Waals surface area (Å²) in [4.78, 5) is 16.5. The van der Waals surface area contributed by atoms with E-state index < -0.39 is 0 Å². The lowest BCUT2D eigenvalue weighted by Gasteiger charge is -2.06. The number of nitrogens with one attached hydrogen (secondary N) is 1. The minimum Gasteiger partial charge on any atom is -0.339 e. The summed E-state index contributed by atoms with van der Waals surface area (Å²) < 4.78 is 5.09. The van der Waals surface area contributed by atoms with Gasteiger partial charge in [0.05, 0.1) is 0 Å². The average molecular weight is 307 g/mol. The molecule has 2 aromatic carbocycles. The monoisotopic (exact) mass is 307 g/mol. The number of hydrogen-bond acceptors (Lipinski definition) is 4. The molecular weight excluding hydrogens is 290 g/mol. The smallest absolute Gasteiger partial charge is 0.255 e. The SMILES string of the molecule is CCc1nc(-c2ccc(C(=O)Nc3ccc(C)cc3)cc2)no1. The summed E-state index contributed by atoms with van der Waals surface area (Å²) in [6.07, 6.45) is 0.698. The van der Waals surface area contributed by atoms with Crippen molar-refractivity contribution in [2.75, 3.05) is 5.32 Å². The second-order valence-corrected chi connectivity index (χ2v) is 5.26. The molecule has 0 aliphatic rings. The Morgan fingerprint density at radius 2 is 1.78 bits per heavy atom. The highest BCUT2D eigenvalue weighted by Crippen LogP contribution is 2.18. The van der Waals surface area contributed by atoms with E-state index in [1.165, 1.54) is 0 Å². The Kier molecular flexibility index (Phi) is 4.19. The first-order valence-corrected chi connectivity index (χ1v) is 7.47. The number of amides is 1. The third-order valence-corrected chi connectivity index (χ3v) is 3.49. The Bertz CT molecular complexity index is 805. The normalized spacial score (nSPS) is 10.5. The highest BCUT2D eigenvalue weighted by molar-refractivity contribution is 6.04. The summed E-state index contributed by atoms with van der Waals surface area (Å²) in [5.74, 6) is 0.983. The number of carbonyl (C=O) groups is 1. The van der Waals surface area contributed by atoms with Crippen molar-refractivity contribution in [3.63, 3.8) is 0 Å². The largest absolute Gasteiger partial charge is 0.339 e. The van der Waals surface area contributed by atoms with E-state index in [9.17, 15) is 4.79 Å². The van der Waals surface area contributed by atoms with Gasteiger partial charge in [0.15, 0.2) is 0 Å². The maximum atomic E-state index is 12.2. The zero-order valence-corrected chi connectivity index (χ0v) is 13.0. The first-order valence-electron chi connectivity index (χ1n) is 7.47. The molecule has 1 amide bonds. The van der Waals surface area contributed by atoms with Gasteiger partial charge < -0.3 is 9.84 Å². The first kappa shape index (κ1) is 15.0. The minimum atomic E-state index is -0.150. The average Bonchev–Trinajstić information content (AvgIpc) is 3.06. The third kappa shape index (κ3) is 3.45. The lowest BCUT2D eigenvalue weighted by atomic mass is 10.1. The molecule has 116 valence electrons. The van der Waals surface area contributed by atoms with Crippen LogP contribution in [0.3, 0.4) is 0 Å². The van der Waals surface area contributed by atoms with E-state index in [1.807, 2.05) is 50.2 Å². The molecule has 0 saturated heterocycles. The van der Waals surface area contributed by atoms with Crippen LogP contribution in [0.2, 0.25) is 0 Å². The standard InChI is InChI=1S/C18H17N3O2/c1-3-16-20-17(21-23-16)13-6-8-14(9-7-13)18(22)19-15-10-4-12(2)5-11-15/h4-11H,3H2,1-2H3,(H,19,22). The minimum absolute atomic E-state index is 0.150. The summed E-state index contributed by atoms with van der Waals surface area (Å²) in [6, 6.07) is 14.8. The van der Waals surface area contributed by atoms with Gasteiger partial charge in [0.25, 0.3) is 5.91 Å². The van der Waals surface area contributed by atoms with Crippen molar-refractivity contribution in [2.45, 2.75) is 20.3 Å². The Labute approximate surface area is 134 Å². The molecule has 0 atom stereocenters. The molecule has 23 heavy (non-hydrogen) atoms. The molecule has 0 bridgehead atoms. The maximum Gasteiger partial charge on any atom is 0.255 e. The Balaban J connectivity index is 1.73. The number of carbonyl (C=O) groups excluding carboxylic acids is 1. The van der Waals surface area contributed by atoms with E-state index >= 15 is 0 Å². The van der Waals surface area contributed by atoms with Gasteiger partial charge in [-0.15, -0.1) is 0 Å². The van der Waals surface area contributed by atoms with Crippen LogP contribution in [0.4, 0.5) is 5.69 Å². The highest BCUT2D eigenvalue weighted by Gasteiger charge is 2.10. The number of anilines is 1. The number of benzene rings is 2. The molecule has 1 aromatic heterocycles. The second kappa shape index (κ2) is 6.44. The van der Waals surface area contributed by atoms with Crippen molar-refractivity contribution in [1.82, 2.24) is 10.1 Å². The molecule has 0 aliphatic heterocycles. The highest BCUT2D eigenvalue weighted by atomic mass is 16.5. The van der Waals surface area contributed by atoms with Gasteiger partial charge >= 0.3 is 0 Å². The molecule has 0 radical (unpaired) electrons. The summed E-state index contributed by atoms with van der Waals surface area (Å²) in [5.41, 5.74) is 3.32. The van der Waals surface area contributed by atoms with Crippen molar-refractivity contribution >= 4 is 11.6 Å². The molecule has 3 rings (SSSR count). The fourth-order valence-corrected chi connectivity index (χ4v) is 2.13. The van der Waals surface area contributed by atoms with Crippen molar-refractivity contribution in [3.8, 4) is 11.4 Å². The first-order chi connectivity index (χ1) is 11.2. The lowest BCUT2D eigenvalue weighted by molar-refractivity contribution is 0.102. The molecule has 5 nitrogen and oxygen atoms in total. The molecule has 0 aliphatic carbocycles. The van der Waals surface area contributed by atoms with Crippen molar-refractivity contribution in [3.05, 3.63) is 65.5 Å². The lowest BCUT2D eigenvalue weighted by Crippen LogP contribution is -2.11. The topological polar surface area (TPSA) is 68.0 Å². The van der Waals surface area contributed by atoms with E-state index in [0.717, 1.165) is 16.8 Å². The molecule has 5 heteroatoms. The summed E-state index contributed by atoms with van der Waals surface area (Å²) in [5, 5.41) is 6.79. The molecule has 0 fully saturated rings. The number of nitrogens with zero attached hydrogens (tertiary/aromatic N) is 2. The van der Waals surface area contributed by atoms with E-state index in [-0.39, 0.29) is 5.91 Å². The van der Waals surface area contributed by atoms with Crippen LogP contribution in [-0.4, -0.2) is 16.0 Å². The molecule has 1 N–H and O–H groups in total.